The highest BCUT2D eigenvalue weighted by Crippen LogP contribution is 2.22. The minimum Gasteiger partial charge on any atom is -0.469 e. The third-order valence-corrected chi connectivity index (χ3v) is 8.45. The van der Waals surface area contributed by atoms with E-state index in [-0.39, 0.29) is 6.42 Å². The van der Waals surface area contributed by atoms with E-state index in [4.69, 9.17) is 4.74 Å². The molecule has 0 bridgehead atoms. The summed E-state index contributed by atoms with van der Waals surface area (Å²) in [5.74, 6) is 0.471. The van der Waals surface area contributed by atoms with Gasteiger partial charge in [0, 0.05) is 17.9 Å². The largest absolute Gasteiger partial charge is 0.469 e. The van der Waals surface area contributed by atoms with E-state index < -0.39 is 42.8 Å². The third kappa shape index (κ3) is 20.5. The number of hydrogen-bond donors (Lipinski definition) is 0. The second-order valence-corrected chi connectivity index (χ2v) is 12.8. The number of carbonyl (C=O) groups is 4. The second kappa shape index (κ2) is 23.5. The van der Waals surface area contributed by atoms with Gasteiger partial charge in [0.15, 0.2) is 0 Å². The van der Waals surface area contributed by atoms with Gasteiger partial charge in [0.1, 0.15) is 13.1 Å². The van der Waals surface area contributed by atoms with Crippen molar-refractivity contribution in [3.63, 3.8) is 0 Å². The first-order valence-electron chi connectivity index (χ1n) is 15.2. The van der Waals surface area contributed by atoms with E-state index in [1.165, 1.54) is 78.3 Å². The van der Waals surface area contributed by atoms with Crippen molar-refractivity contribution < 1.29 is 33.4 Å². The Morgan fingerprint density at radius 2 is 1.27 bits per heavy atom. The van der Waals surface area contributed by atoms with Crippen molar-refractivity contribution >= 4 is 35.6 Å². The molecule has 0 radical (unpaired) electrons. The first-order chi connectivity index (χ1) is 19.4. The standard InChI is InChI=1S/C32H57NO7S/c1-24(2)12-9-13-25(3)14-10-15-26(4)16-11-17-27(5)18-19-41-23-28(32(37)40-8)20-29(34)33(21-30(35)38-6)22-31(36)39-7/h18,24-26,28H,9-17,19-23H2,1-8H3/b27-18+. The second-order valence-electron chi connectivity index (χ2n) is 11.8. The number of nitrogens with zero attached hydrogens (tertiary/aromatic N) is 1. The first kappa shape index (κ1) is 39.0. The van der Waals surface area contributed by atoms with Crippen LogP contribution in [0.3, 0.4) is 0 Å². The zero-order chi connectivity index (χ0) is 31.2. The van der Waals surface area contributed by atoms with E-state index in [9.17, 15) is 19.2 Å². The lowest BCUT2D eigenvalue weighted by atomic mass is 9.91. The fourth-order valence-corrected chi connectivity index (χ4v) is 5.69. The Balaban J connectivity index is 4.52. The minimum absolute atomic E-state index is 0.176. The van der Waals surface area contributed by atoms with Gasteiger partial charge in [-0.15, -0.1) is 0 Å². The van der Waals surface area contributed by atoms with Gasteiger partial charge in [-0.2, -0.15) is 11.8 Å². The van der Waals surface area contributed by atoms with Gasteiger partial charge < -0.3 is 19.1 Å². The minimum atomic E-state index is -0.692. The molecule has 1 amide bonds. The van der Waals surface area contributed by atoms with E-state index in [1.54, 1.807) is 11.8 Å². The Hall–Kier alpha value is -2.03. The van der Waals surface area contributed by atoms with Crippen molar-refractivity contribution in [2.45, 2.75) is 98.8 Å². The number of ether oxygens (including phenoxy) is 3. The summed E-state index contributed by atoms with van der Waals surface area (Å²) in [5.41, 5.74) is 1.33. The molecule has 0 spiro atoms. The van der Waals surface area contributed by atoms with Gasteiger partial charge >= 0.3 is 17.9 Å². The maximum atomic E-state index is 12.8. The van der Waals surface area contributed by atoms with Crippen LogP contribution >= 0.6 is 11.8 Å². The molecule has 0 heterocycles. The monoisotopic (exact) mass is 599 g/mol. The van der Waals surface area contributed by atoms with Gasteiger partial charge in [0.25, 0.3) is 0 Å². The van der Waals surface area contributed by atoms with E-state index in [2.05, 4.69) is 50.2 Å². The molecule has 41 heavy (non-hydrogen) atoms. The van der Waals surface area contributed by atoms with E-state index in [0.717, 1.165) is 34.8 Å². The Bertz CT molecular complexity index is 781. The van der Waals surface area contributed by atoms with E-state index in [0.29, 0.717) is 5.75 Å². The zero-order valence-corrected chi connectivity index (χ0v) is 27.8. The molecule has 0 aliphatic heterocycles. The molecular weight excluding hydrogens is 542 g/mol. The van der Waals surface area contributed by atoms with Crippen molar-refractivity contribution in [2.24, 2.45) is 23.7 Å². The maximum Gasteiger partial charge on any atom is 0.325 e. The molecule has 0 saturated carbocycles. The quantitative estimate of drug-likeness (QED) is 0.0571. The summed E-state index contributed by atoms with van der Waals surface area (Å²) in [6, 6.07) is 0. The normalized spacial score (nSPS) is 13.8. The summed E-state index contributed by atoms with van der Waals surface area (Å²) in [7, 11) is 3.68. The number of rotatable bonds is 23. The van der Waals surface area contributed by atoms with Crippen LogP contribution in [0.5, 0.6) is 0 Å². The molecule has 238 valence electrons. The van der Waals surface area contributed by atoms with Crippen LogP contribution in [0.15, 0.2) is 11.6 Å². The highest BCUT2D eigenvalue weighted by molar-refractivity contribution is 7.99. The number of esters is 3. The first-order valence-corrected chi connectivity index (χ1v) is 16.3. The predicted octanol–water partition coefficient (Wildman–Crippen LogP) is 6.46. The van der Waals surface area contributed by atoms with Crippen LogP contribution in [-0.4, -0.2) is 74.6 Å². The van der Waals surface area contributed by atoms with Crippen molar-refractivity contribution in [1.29, 1.82) is 0 Å². The number of allylic oxidation sites excluding steroid dienone is 1. The van der Waals surface area contributed by atoms with Crippen LogP contribution in [0.2, 0.25) is 0 Å². The van der Waals surface area contributed by atoms with Gasteiger partial charge in [0.05, 0.1) is 27.2 Å². The summed E-state index contributed by atoms with van der Waals surface area (Å²) in [6.07, 6.45) is 13.5. The molecule has 0 aliphatic carbocycles. The average Bonchev–Trinajstić information content (AvgIpc) is 2.93. The summed E-state index contributed by atoms with van der Waals surface area (Å²) < 4.78 is 14.1. The molecule has 0 aliphatic rings. The third-order valence-electron chi connectivity index (χ3n) is 7.41. The van der Waals surface area contributed by atoms with Crippen molar-refractivity contribution in [3.8, 4) is 0 Å². The van der Waals surface area contributed by atoms with Gasteiger partial charge in [-0.05, 0) is 37.5 Å². The number of carbonyl (C=O) groups excluding carboxylic acids is 4. The highest BCUT2D eigenvalue weighted by Gasteiger charge is 2.28. The Labute approximate surface area is 253 Å². The van der Waals surface area contributed by atoms with Crippen LogP contribution in [0.4, 0.5) is 0 Å². The Morgan fingerprint density at radius 1 is 0.756 bits per heavy atom. The zero-order valence-electron chi connectivity index (χ0n) is 27.0. The van der Waals surface area contributed by atoms with Crippen molar-refractivity contribution in [1.82, 2.24) is 4.90 Å². The molecule has 3 unspecified atom stereocenters. The molecule has 0 fully saturated rings. The van der Waals surface area contributed by atoms with Crippen LogP contribution in [0.25, 0.3) is 0 Å². The SMILES string of the molecule is COC(=O)CN(CC(=O)OC)C(=O)CC(CSC/C=C(\C)CCCC(C)CCCC(C)CCCC(C)C)C(=O)OC. The van der Waals surface area contributed by atoms with Crippen molar-refractivity contribution in [2.75, 3.05) is 45.9 Å². The highest BCUT2D eigenvalue weighted by atomic mass is 32.2. The number of methoxy groups -OCH3 is 3. The molecule has 8 nitrogen and oxygen atoms in total. The lowest BCUT2D eigenvalue weighted by Crippen LogP contribution is -2.41. The number of hydrogen-bond acceptors (Lipinski definition) is 8. The molecule has 0 aromatic carbocycles. The van der Waals surface area contributed by atoms with Crippen LogP contribution in [-0.2, 0) is 33.4 Å². The topological polar surface area (TPSA) is 99.2 Å². The molecule has 9 heteroatoms. The molecule has 3 atom stereocenters. The van der Waals surface area contributed by atoms with E-state index in [1.807, 2.05) is 0 Å². The fraction of sp³-hybridized carbons (Fsp3) is 0.812. The summed E-state index contributed by atoms with van der Waals surface area (Å²) in [5, 5.41) is 0. The lowest BCUT2D eigenvalue weighted by Gasteiger charge is -2.22. The maximum absolute atomic E-state index is 12.8. The van der Waals surface area contributed by atoms with Crippen molar-refractivity contribution in [3.05, 3.63) is 11.6 Å². The predicted molar refractivity (Wildman–Crippen MR) is 167 cm³/mol. The molecule has 0 saturated heterocycles. The van der Waals surface area contributed by atoms with Gasteiger partial charge in [-0.3, -0.25) is 19.2 Å². The molecule has 0 aromatic rings. The van der Waals surface area contributed by atoms with Crippen LogP contribution in [0.1, 0.15) is 98.8 Å². The smallest absolute Gasteiger partial charge is 0.325 e. The molecule has 0 rings (SSSR count). The van der Waals surface area contributed by atoms with Crippen LogP contribution < -0.4 is 0 Å². The van der Waals surface area contributed by atoms with Gasteiger partial charge in [-0.25, -0.2) is 0 Å². The van der Waals surface area contributed by atoms with E-state index >= 15 is 0 Å². The summed E-state index contributed by atoms with van der Waals surface area (Å²) >= 11 is 1.55. The van der Waals surface area contributed by atoms with Crippen LogP contribution in [0, 0.1) is 23.7 Å². The van der Waals surface area contributed by atoms with Gasteiger partial charge in [-0.1, -0.05) is 84.3 Å². The number of amides is 1. The molecule has 0 aromatic heterocycles. The van der Waals surface area contributed by atoms with Gasteiger partial charge in [0.2, 0.25) is 5.91 Å². The summed E-state index contributed by atoms with van der Waals surface area (Å²) in [4.78, 5) is 49.6. The number of thioether (sulfide) groups is 1. The molecular formula is C32H57NO7S. The summed E-state index contributed by atoms with van der Waals surface area (Å²) in [6.45, 7) is 10.7. The fourth-order valence-electron chi connectivity index (χ4n) is 4.61. The average molecular weight is 600 g/mol. The molecule has 0 N–H and O–H groups in total. The lowest BCUT2D eigenvalue weighted by molar-refractivity contribution is -0.153. The Kier molecular flexibility index (Phi) is 22.4. The Morgan fingerprint density at radius 3 is 1.76 bits per heavy atom.